The predicted molar refractivity (Wildman–Crippen MR) is 121 cm³/mol. The number of para-hydroxylation sites is 1. The van der Waals surface area contributed by atoms with Crippen LogP contribution in [0.2, 0.25) is 0 Å². The maximum absolute atomic E-state index is 11.4. The molecule has 0 bridgehead atoms. The molecular formula is C25H23N3O2. The molecule has 2 aromatic heterocycles. The second-order valence-corrected chi connectivity index (χ2v) is 7.90. The molecule has 2 heterocycles. The molecule has 0 saturated carbocycles. The molecular weight excluding hydrogens is 374 g/mol. The molecule has 3 aromatic carbocycles. The largest absolute Gasteiger partial charge is 0.478 e. The van der Waals surface area contributed by atoms with Crippen molar-refractivity contribution in [3.63, 3.8) is 0 Å². The van der Waals surface area contributed by atoms with E-state index in [1.165, 1.54) is 21.8 Å². The Morgan fingerprint density at radius 1 is 0.967 bits per heavy atom. The summed E-state index contributed by atoms with van der Waals surface area (Å²) in [4.78, 5) is 16.3. The minimum atomic E-state index is -0.939. The van der Waals surface area contributed by atoms with Crippen LogP contribution in [0.25, 0.3) is 44.2 Å². The smallest absolute Gasteiger partial charge is 0.335 e. The van der Waals surface area contributed by atoms with Crippen molar-refractivity contribution in [1.29, 1.82) is 0 Å². The maximum Gasteiger partial charge on any atom is 0.335 e. The van der Waals surface area contributed by atoms with E-state index in [2.05, 4.69) is 72.4 Å². The molecule has 0 spiro atoms. The number of aryl methyl sites for hydroxylation is 1. The van der Waals surface area contributed by atoms with E-state index < -0.39 is 5.97 Å². The number of carboxylic acids is 1. The Morgan fingerprint density at radius 2 is 1.70 bits per heavy atom. The molecule has 5 aromatic rings. The van der Waals surface area contributed by atoms with Crippen LogP contribution in [0.15, 0.2) is 60.7 Å². The molecule has 0 radical (unpaired) electrons. The minimum Gasteiger partial charge on any atom is -0.478 e. The summed E-state index contributed by atoms with van der Waals surface area (Å²) in [7, 11) is 0. The number of aromatic carboxylic acids is 1. The molecule has 150 valence electrons. The van der Waals surface area contributed by atoms with Crippen molar-refractivity contribution in [1.82, 2.24) is 14.1 Å². The normalized spacial score (nSPS) is 11.9. The Balaban J connectivity index is 1.80. The first-order chi connectivity index (χ1) is 14.5. The molecule has 0 atom stereocenters. The standard InChI is InChI=1S/C25H23N3O2/c1-4-27-21-8-6-5-7-18(21)19-13-16(9-11-22(19)27)24-26-20-14-17(25(29)30)10-12-23(20)28(24)15(2)3/h5-15H,4H2,1-3H3,(H,29,30). The lowest BCUT2D eigenvalue weighted by Crippen LogP contribution is -2.03. The Kier molecular flexibility index (Phi) is 4.13. The number of benzene rings is 3. The summed E-state index contributed by atoms with van der Waals surface area (Å²) in [5.74, 6) is -0.0795. The van der Waals surface area contributed by atoms with Crippen LogP contribution in [-0.2, 0) is 6.54 Å². The van der Waals surface area contributed by atoms with Crippen molar-refractivity contribution < 1.29 is 9.90 Å². The summed E-state index contributed by atoms with van der Waals surface area (Å²) in [6, 6.07) is 20.3. The van der Waals surface area contributed by atoms with Gasteiger partial charge in [-0.2, -0.15) is 0 Å². The highest BCUT2D eigenvalue weighted by Crippen LogP contribution is 2.34. The van der Waals surface area contributed by atoms with E-state index in [0.29, 0.717) is 5.52 Å². The van der Waals surface area contributed by atoms with E-state index in [9.17, 15) is 9.90 Å². The monoisotopic (exact) mass is 397 g/mol. The molecule has 5 rings (SSSR count). The highest BCUT2D eigenvalue weighted by Gasteiger charge is 2.18. The number of hydrogen-bond donors (Lipinski definition) is 1. The van der Waals surface area contributed by atoms with Gasteiger partial charge in [-0.1, -0.05) is 18.2 Å². The summed E-state index contributed by atoms with van der Waals surface area (Å²) < 4.78 is 4.51. The van der Waals surface area contributed by atoms with Crippen molar-refractivity contribution in [2.75, 3.05) is 0 Å². The quantitative estimate of drug-likeness (QED) is 0.398. The Hall–Kier alpha value is -3.60. The summed E-state index contributed by atoms with van der Waals surface area (Å²) in [6.07, 6.45) is 0. The van der Waals surface area contributed by atoms with E-state index >= 15 is 0 Å². The van der Waals surface area contributed by atoms with E-state index in [1.807, 2.05) is 6.07 Å². The van der Waals surface area contributed by atoms with Gasteiger partial charge < -0.3 is 14.2 Å². The zero-order valence-corrected chi connectivity index (χ0v) is 17.3. The van der Waals surface area contributed by atoms with Crippen LogP contribution < -0.4 is 0 Å². The Bertz CT molecular complexity index is 1440. The first-order valence-electron chi connectivity index (χ1n) is 10.3. The SMILES string of the molecule is CCn1c2ccccc2c2cc(-c3nc4cc(C(=O)O)ccc4n3C(C)C)ccc21. The summed E-state index contributed by atoms with van der Waals surface area (Å²) >= 11 is 0. The van der Waals surface area contributed by atoms with Gasteiger partial charge >= 0.3 is 5.97 Å². The average Bonchev–Trinajstić information content (AvgIpc) is 3.28. The molecule has 0 unspecified atom stereocenters. The number of fused-ring (bicyclic) bond motifs is 4. The van der Waals surface area contributed by atoms with Crippen LogP contribution in [0.3, 0.4) is 0 Å². The number of rotatable bonds is 4. The topological polar surface area (TPSA) is 60.1 Å². The van der Waals surface area contributed by atoms with Gasteiger partial charge in [0, 0.05) is 40.0 Å². The second kappa shape index (κ2) is 6.73. The van der Waals surface area contributed by atoms with Gasteiger partial charge in [-0.3, -0.25) is 0 Å². The van der Waals surface area contributed by atoms with Crippen LogP contribution in [0.4, 0.5) is 0 Å². The van der Waals surface area contributed by atoms with E-state index in [-0.39, 0.29) is 11.6 Å². The Morgan fingerprint density at radius 3 is 2.43 bits per heavy atom. The molecule has 1 N–H and O–H groups in total. The van der Waals surface area contributed by atoms with Gasteiger partial charge in [0.1, 0.15) is 5.82 Å². The minimum absolute atomic E-state index is 0.188. The van der Waals surface area contributed by atoms with Gasteiger partial charge in [-0.15, -0.1) is 0 Å². The highest BCUT2D eigenvalue weighted by atomic mass is 16.4. The first kappa shape index (κ1) is 18.4. The molecule has 0 aliphatic rings. The number of carbonyl (C=O) groups is 1. The van der Waals surface area contributed by atoms with Crippen LogP contribution >= 0.6 is 0 Å². The number of imidazole rings is 1. The third kappa shape index (κ3) is 2.62. The number of aromatic nitrogens is 3. The van der Waals surface area contributed by atoms with Crippen LogP contribution in [0.1, 0.15) is 37.2 Å². The fourth-order valence-corrected chi connectivity index (χ4v) is 4.49. The van der Waals surface area contributed by atoms with Gasteiger partial charge in [0.15, 0.2) is 0 Å². The molecule has 0 amide bonds. The van der Waals surface area contributed by atoms with Gasteiger partial charge in [-0.25, -0.2) is 9.78 Å². The summed E-state index contributed by atoms with van der Waals surface area (Å²) in [5, 5.41) is 11.8. The lowest BCUT2D eigenvalue weighted by Gasteiger charge is -2.13. The molecule has 30 heavy (non-hydrogen) atoms. The third-order valence-electron chi connectivity index (χ3n) is 5.80. The van der Waals surface area contributed by atoms with Gasteiger partial charge in [0.2, 0.25) is 0 Å². The van der Waals surface area contributed by atoms with Crippen molar-refractivity contribution in [3.05, 3.63) is 66.2 Å². The van der Waals surface area contributed by atoms with Gasteiger partial charge in [0.25, 0.3) is 0 Å². The third-order valence-corrected chi connectivity index (χ3v) is 5.80. The van der Waals surface area contributed by atoms with Gasteiger partial charge in [0.05, 0.1) is 16.6 Å². The number of hydrogen-bond acceptors (Lipinski definition) is 2. The fraction of sp³-hybridized carbons (Fsp3) is 0.200. The summed E-state index contributed by atoms with van der Waals surface area (Å²) in [6.45, 7) is 7.32. The summed E-state index contributed by atoms with van der Waals surface area (Å²) in [5.41, 5.74) is 5.38. The average molecular weight is 397 g/mol. The van der Waals surface area contributed by atoms with E-state index in [0.717, 1.165) is 23.4 Å². The van der Waals surface area contributed by atoms with Crippen molar-refractivity contribution in [2.24, 2.45) is 0 Å². The second-order valence-electron chi connectivity index (χ2n) is 7.90. The zero-order valence-electron chi connectivity index (χ0n) is 17.3. The van der Waals surface area contributed by atoms with Crippen LogP contribution in [0.5, 0.6) is 0 Å². The molecule has 0 fully saturated rings. The lowest BCUT2D eigenvalue weighted by atomic mass is 10.1. The number of carboxylic acid groups (broad SMARTS) is 1. The number of nitrogens with zero attached hydrogens (tertiary/aromatic N) is 3. The maximum atomic E-state index is 11.4. The molecule has 5 nitrogen and oxygen atoms in total. The highest BCUT2D eigenvalue weighted by molar-refractivity contribution is 6.09. The fourth-order valence-electron chi connectivity index (χ4n) is 4.49. The van der Waals surface area contributed by atoms with E-state index in [1.54, 1.807) is 12.1 Å². The van der Waals surface area contributed by atoms with Gasteiger partial charge in [-0.05, 0) is 63.2 Å². The van der Waals surface area contributed by atoms with Crippen LogP contribution in [0, 0.1) is 0 Å². The van der Waals surface area contributed by atoms with Crippen molar-refractivity contribution in [2.45, 2.75) is 33.4 Å². The molecule has 5 heteroatoms. The lowest BCUT2D eigenvalue weighted by molar-refractivity contribution is 0.0697. The first-order valence-corrected chi connectivity index (χ1v) is 10.3. The van der Waals surface area contributed by atoms with Crippen molar-refractivity contribution in [3.8, 4) is 11.4 Å². The molecule has 0 aliphatic carbocycles. The van der Waals surface area contributed by atoms with Crippen LogP contribution in [-0.4, -0.2) is 25.2 Å². The molecule has 0 aliphatic heterocycles. The predicted octanol–water partition coefficient (Wildman–Crippen LogP) is 6.11. The van der Waals surface area contributed by atoms with Crippen molar-refractivity contribution >= 4 is 38.8 Å². The zero-order chi connectivity index (χ0) is 21.0. The molecule has 0 saturated heterocycles. The Labute approximate surface area is 174 Å². The van der Waals surface area contributed by atoms with E-state index in [4.69, 9.17) is 4.98 Å².